The Morgan fingerprint density at radius 3 is 2.84 bits per heavy atom. The number of rotatable bonds is 3. The number of ether oxygens (including phenoxy) is 1. The summed E-state index contributed by atoms with van der Waals surface area (Å²) >= 11 is 0. The molecule has 2 aromatic rings. The van der Waals surface area contributed by atoms with Gasteiger partial charge in [-0.1, -0.05) is 0 Å². The van der Waals surface area contributed by atoms with Crippen LogP contribution in [0.2, 0.25) is 0 Å². The van der Waals surface area contributed by atoms with Crippen molar-refractivity contribution in [3.8, 4) is 17.6 Å². The Hall–Kier alpha value is -3.01. The quantitative estimate of drug-likeness (QED) is 0.624. The van der Waals surface area contributed by atoms with E-state index in [0.717, 1.165) is 18.2 Å². The number of benzene rings is 1. The Balaban J connectivity index is 2.40. The fourth-order valence-electron chi connectivity index (χ4n) is 1.38. The molecule has 0 spiro atoms. The molecule has 0 radical (unpaired) electrons. The van der Waals surface area contributed by atoms with Gasteiger partial charge < -0.3 is 4.74 Å². The third-order valence-electron chi connectivity index (χ3n) is 2.19. The SMILES string of the molecule is N#Cc1cc(Oc2cc(F)ccc2[N+](=O)[O-])ccn1. The molecule has 0 saturated heterocycles. The number of hydrogen-bond donors (Lipinski definition) is 0. The van der Waals surface area contributed by atoms with E-state index >= 15 is 0 Å². The lowest BCUT2D eigenvalue weighted by atomic mass is 10.3. The number of hydrogen-bond acceptors (Lipinski definition) is 5. The molecule has 94 valence electrons. The Kier molecular flexibility index (Phi) is 3.34. The van der Waals surface area contributed by atoms with Crippen LogP contribution < -0.4 is 4.74 Å². The predicted octanol–water partition coefficient (Wildman–Crippen LogP) is 2.79. The second kappa shape index (κ2) is 5.10. The van der Waals surface area contributed by atoms with E-state index in [1.165, 1.54) is 18.3 Å². The molecule has 1 heterocycles. The Morgan fingerprint density at radius 2 is 2.16 bits per heavy atom. The molecule has 0 aliphatic carbocycles. The van der Waals surface area contributed by atoms with Crippen LogP contribution in [0.5, 0.6) is 11.5 Å². The first-order valence-electron chi connectivity index (χ1n) is 5.08. The zero-order chi connectivity index (χ0) is 13.8. The van der Waals surface area contributed by atoms with Crippen molar-refractivity contribution in [3.63, 3.8) is 0 Å². The highest BCUT2D eigenvalue weighted by atomic mass is 19.1. The van der Waals surface area contributed by atoms with Crippen molar-refractivity contribution in [3.05, 3.63) is 58.2 Å². The van der Waals surface area contributed by atoms with Crippen LogP contribution in [0.25, 0.3) is 0 Å². The lowest BCUT2D eigenvalue weighted by Crippen LogP contribution is -1.95. The molecule has 19 heavy (non-hydrogen) atoms. The molecular weight excluding hydrogens is 253 g/mol. The fourth-order valence-corrected chi connectivity index (χ4v) is 1.38. The normalized spacial score (nSPS) is 9.68. The Bertz CT molecular complexity index is 682. The first kappa shape index (κ1) is 12.4. The molecule has 0 unspecified atom stereocenters. The molecule has 0 amide bonds. The monoisotopic (exact) mass is 259 g/mol. The number of nitrogens with zero attached hydrogens (tertiary/aromatic N) is 3. The first-order valence-corrected chi connectivity index (χ1v) is 5.08. The van der Waals surface area contributed by atoms with Gasteiger partial charge in [-0.3, -0.25) is 10.1 Å². The van der Waals surface area contributed by atoms with Crippen molar-refractivity contribution in [2.24, 2.45) is 0 Å². The summed E-state index contributed by atoms with van der Waals surface area (Å²) in [4.78, 5) is 13.8. The molecule has 0 aliphatic rings. The van der Waals surface area contributed by atoms with Crippen LogP contribution in [0.3, 0.4) is 0 Å². The molecule has 1 aromatic heterocycles. The highest BCUT2D eigenvalue weighted by Crippen LogP contribution is 2.31. The van der Waals surface area contributed by atoms with Gasteiger partial charge in [-0.05, 0) is 12.1 Å². The fraction of sp³-hybridized carbons (Fsp3) is 0. The van der Waals surface area contributed by atoms with Gasteiger partial charge in [0.05, 0.1) is 4.92 Å². The topological polar surface area (TPSA) is 89.0 Å². The van der Waals surface area contributed by atoms with Gasteiger partial charge in [0.2, 0.25) is 5.75 Å². The van der Waals surface area contributed by atoms with E-state index in [0.29, 0.717) is 0 Å². The van der Waals surface area contributed by atoms with Crippen LogP contribution in [0.4, 0.5) is 10.1 Å². The van der Waals surface area contributed by atoms with E-state index in [1.807, 2.05) is 0 Å². The molecule has 6 nitrogen and oxygen atoms in total. The molecule has 0 saturated carbocycles. The van der Waals surface area contributed by atoms with Gasteiger partial charge in [0.1, 0.15) is 23.3 Å². The number of nitro groups is 1. The van der Waals surface area contributed by atoms with Crippen LogP contribution in [0, 0.1) is 27.3 Å². The lowest BCUT2D eigenvalue weighted by molar-refractivity contribution is -0.385. The second-order valence-electron chi connectivity index (χ2n) is 3.46. The van der Waals surface area contributed by atoms with Crippen molar-refractivity contribution in [2.75, 3.05) is 0 Å². The zero-order valence-corrected chi connectivity index (χ0v) is 9.41. The second-order valence-corrected chi connectivity index (χ2v) is 3.46. The number of nitriles is 1. The van der Waals surface area contributed by atoms with E-state index in [4.69, 9.17) is 10.00 Å². The predicted molar refractivity (Wildman–Crippen MR) is 62.1 cm³/mol. The van der Waals surface area contributed by atoms with Crippen molar-refractivity contribution in [1.82, 2.24) is 4.98 Å². The van der Waals surface area contributed by atoms with Gasteiger partial charge >= 0.3 is 5.69 Å². The van der Waals surface area contributed by atoms with Crippen LogP contribution in [0.1, 0.15) is 5.69 Å². The first-order chi connectivity index (χ1) is 9.10. The third-order valence-corrected chi connectivity index (χ3v) is 2.19. The van der Waals surface area contributed by atoms with Gasteiger partial charge in [-0.2, -0.15) is 5.26 Å². The molecule has 7 heteroatoms. The summed E-state index contributed by atoms with van der Waals surface area (Å²) in [7, 11) is 0. The maximum atomic E-state index is 13.1. The summed E-state index contributed by atoms with van der Waals surface area (Å²) < 4.78 is 18.3. The molecule has 1 aromatic carbocycles. The smallest absolute Gasteiger partial charge is 0.311 e. The Labute approximate surface area is 106 Å². The van der Waals surface area contributed by atoms with Gasteiger partial charge in [0.25, 0.3) is 0 Å². The minimum atomic E-state index is -0.679. The molecule has 0 aliphatic heterocycles. The largest absolute Gasteiger partial charge is 0.450 e. The van der Waals surface area contributed by atoms with Gasteiger partial charge in [-0.15, -0.1) is 0 Å². The molecule has 0 atom stereocenters. The minimum Gasteiger partial charge on any atom is -0.450 e. The van der Waals surface area contributed by atoms with Gasteiger partial charge in [-0.25, -0.2) is 9.37 Å². The van der Waals surface area contributed by atoms with Crippen molar-refractivity contribution in [1.29, 1.82) is 5.26 Å². The number of halogens is 1. The minimum absolute atomic E-state index is 0.0940. The van der Waals surface area contributed by atoms with Crippen LogP contribution in [-0.4, -0.2) is 9.91 Å². The van der Waals surface area contributed by atoms with E-state index in [9.17, 15) is 14.5 Å². The summed E-state index contributed by atoms with van der Waals surface area (Å²) in [5.74, 6) is -0.726. The van der Waals surface area contributed by atoms with Crippen LogP contribution in [0.15, 0.2) is 36.5 Å². The standard InChI is InChI=1S/C12H6FN3O3/c13-8-1-2-11(16(17)18)12(5-8)19-10-3-4-15-9(6-10)7-14/h1-6H. The van der Waals surface area contributed by atoms with Crippen molar-refractivity contribution >= 4 is 5.69 Å². The number of aromatic nitrogens is 1. The van der Waals surface area contributed by atoms with E-state index < -0.39 is 10.7 Å². The molecular formula is C12H6FN3O3. The highest BCUT2D eigenvalue weighted by molar-refractivity contribution is 5.48. The summed E-state index contributed by atoms with van der Waals surface area (Å²) in [6.45, 7) is 0. The maximum Gasteiger partial charge on any atom is 0.311 e. The zero-order valence-electron chi connectivity index (χ0n) is 9.41. The summed E-state index contributed by atoms with van der Waals surface area (Å²) in [5.41, 5.74) is -0.270. The van der Waals surface area contributed by atoms with Crippen molar-refractivity contribution in [2.45, 2.75) is 0 Å². The maximum absolute atomic E-state index is 13.1. The highest BCUT2D eigenvalue weighted by Gasteiger charge is 2.16. The number of pyridine rings is 1. The summed E-state index contributed by atoms with van der Waals surface area (Å²) in [6.07, 6.45) is 1.32. The lowest BCUT2D eigenvalue weighted by Gasteiger charge is -2.06. The van der Waals surface area contributed by atoms with E-state index in [1.54, 1.807) is 6.07 Å². The molecule has 0 N–H and O–H groups in total. The molecule has 0 bridgehead atoms. The molecule has 0 fully saturated rings. The van der Waals surface area contributed by atoms with Crippen LogP contribution in [-0.2, 0) is 0 Å². The number of nitro benzene ring substituents is 1. The van der Waals surface area contributed by atoms with E-state index in [2.05, 4.69) is 4.98 Å². The summed E-state index contributed by atoms with van der Waals surface area (Å²) in [5, 5.41) is 19.5. The third kappa shape index (κ3) is 2.81. The van der Waals surface area contributed by atoms with E-state index in [-0.39, 0.29) is 22.9 Å². The van der Waals surface area contributed by atoms with Crippen molar-refractivity contribution < 1.29 is 14.1 Å². The Morgan fingerprint density at radius 1 is 1.37 bits per heavy atom. The average Bonchev–Trinajstić information content (AvgIpc) is 2.38. The average molecular weight is 259 g/mol. The van der Waals surface area contributed by atoms with Gasteiger partial charge in [0.15, 0.2) is 0 Å². The van der Waals surface area contributed by atoms with Gasteiger partial charge in [0, 0.05) is 24.4 Å². The summed E-state index contributed by atoms with van der Waals surface area (Å²) in [6, 6.07) is 7.40. The molecule has 2 rings (SSSR count). The van der Waals surface area contributed by atoms with Crippen LogP contribution >= 0.6 is 0 Å².